The lowest BCUT2D eigenvalue weighted by Crippen LogP contribution is -1.97. The molecule has 0 aliphatic heterocycles. The SMILES string of the molecule is Cc1cnc(-c2cccc(F)c2C)c(N)c1. The molecule has 0 atom stereocenters. The van der Waals surface area contributed by atoms with Crippen LogP contribution >= 0.6 is 0 Å². The Labute approximate surface area is 93.9 Å². The van der Waals surface area contributed by atoms with Crippen molar-refractivity contribution in [2.75, 3.05) is 5.73 Å². The van der Waals surface area contributed by atoms with Crippen molar-refractivity contribution in [1.29, 1.82) is 0 Å². The monoisotopic (exact) mass is 216 g/mol. The Kier molecular flexibility index (Phi) is 2.60. The summed E-state index contributed by atoms with van der Waals surface area (Å²) in [6.45, 7) is 3.65. The Morgan fingerprint density at radius 1 is 1.25 bits per heavy atom. The summed E-state index contributed by atoms with van der Waals surface area (Å²) in [4.78, 5) is 4.26. The summed E-state index contributed by atoms with van der Waals surface area (Å²) in [7, 11) is 0. The summed E-state index contributed by atoms with van der Waals surface area (Å²) >= 11 is 0. The third kappa shape index (κ3) is 1.76. The molecule has 16 heavy (non-hydrogen) atoms. The first-order valence-electron chi connectivity index (χ1n) is 5.07. The van der Waals surface area contributed by atoms with Gasteiger partial charge < -0.3 is 5.73 Å². The zero-order valence-corrected chi connectivity index (χ0v) is 9.29. The van der Waals surface area contributed by atoms with E-state index in [1.54, 1.807) is 19.2 Å². The minimum atomic E-state index is -0.237. The minimum absolute atomic E-state index is 0.237. The van der Waals surface area contributed by atoms with Gasteiger partial charge in [-0.1, -0.05) is 12.1 Å². The number of nitrogens with zero attached hydrogens (tertiary/aromatic N) is 1. The Bertz CT molecular complexity index is 535. The smallest absolute Gasteiger partial charge is 0.126 e. The van der Waals surface area contributed by atoms with Crippen LogP contribution in [-0.2, 0) is 0 Å². The van der Waals surface area contributed by atoms with E-state index in [1.807, 2.05) is 19.1 Å². The second-order valence-electron chi connectivity index (χ2n) is 3.86. The predicted molar refractivity (Wildman–Crippen MR) is 63.5 cm³/mol. The van der Waals surface area contributed by atoms with Crippen LogP contribution in [0.1, 0.15) is 11.1 Å². The van der Waals surface area contributed by atoms with Gasteiger partial charge in [-0.2, -0.15) is 0 Å². The maximum absolute atomic E-state index is 13.4. The number of pyridine rings is 1. The van der Waals surface area contributed by atoms with Crippen molar-refractivity contribution in [3.63, 3.8) is 0 Å². The summed E-state index contributed by atoms with van der Waals surface area (Å²) in [5.74, 6) is -0.237. The Balaban J connectivity index is 2.63. The molecule has 1 heterocycles. The van der Waals surface area contributed by atoms with Crippen molar-refractivity contribution < 1.29 is 4.39 Å². The zero-order valence-electron chi connectivity index (χ0n) is 9.29. The lowest BCUT2D eigenvalue weighted by Gasteiger charge is -2.09. The molecule has 2 rings (SSSR count). The third-order valence-corrected chi connectivity index (χ3v) is 2.58. The van der Waals surface area contributed by atoms with Crippen molar-refractivity contribution in [2.24, 2.45) is 0 Å². The van der Waals surface area contributed by atoms with Crippen LogP contribution in [0.2, 0.25) is 0 Å². The molecule has 0 saturated carbocycles. The highest BCUT2D eigenvalue weighted by molar-refractivity contribution is 5.75. The number of aromatic nitrogens is 1. The second-order valence-corrected chi connectivity index (χ2v) is 3.86. The molecule has 2 N–H and O–H groups in total. The summed E-state index contributed by atoms with van der Waals surface area (Å²) in [6, 6.07) is 6.76. The number of aryl methyl sites for hydroxylation is 1. The van der Waals surface area contributed by atoms with E-state index in [0.717, 1.165) is 11.1 Å². The zero-order chi connectivity index (χ0) is 11.7. The summed E-state index contributed by atoms with van der Waals surface area (Å²) < 4.78 is 13.4. The Hall–Kier alpha value is -1.90. The molecule has 0 aliphatic rings. The number of rotatable bonds is 1. The number of anilines is 1. The second kappa shape index (κ2) is 3.93. The highest BCUT2D eigenvalue weighted by atomic mass is 19.1. The molecule has 0 fully saturated rings. The van der Waals surface area contributed by atoms with Gasteiger partial charge in [-0.25, -0.2) is 4.39 Å². The highest BCUT2D eigenvalue weighted by Gasteiger charge is 2.09. The highest BCUT2D eigenvalue weighted by Crippen LogP contribution is 2.28. The lowest BCUT2D eigenvalue weighted by atomic mass is 10.0. The van der Waals surface area contributed by atoms with Crippen LogP contribution in [0.4, 0.5) is 10.1 Å². The lowest BCUT2D eigenvalue weighted by molar-refractivity contribution is 0.619. The van der Waals surface area contributed by atoms with Crippen LogP contribution in [0.5, 0.6) is 0 Å². The maximum Gasteiger partial charge on any atom is 0.126 e. The molecule has 1 aromatic heterocycles. The number of nitrogen functional groups attached to an aromatic ring is 1. The first kappa shape index (κ1) is 10.6. The van der Waals surface area contributed by atoms with Gasteiger partial charge in [0.2, 0.25) is 0 Å². The molecule has 0 amide bonds. The van der Waals surface area contributed by atoms with E-state index in [2.05, 4.69) is 4.98 Å². The van der Waals surface area contributed by atoms with Crippen molar-refractivity contribution in [1.82, 2.24) is 4.98 Å². The van der Waals surface area contributed by atoms with Crippen LogP contribution in [0.25, 0.3) is 11.3 Å². The molecule has 2 aromatic rings. The molecule has 0 radical (unpaired) electrons. The van der Waals surface area contributed by atoms with Crippen LogP contribution in [0, 0.1) is 19.7 Å². The largest absolute Gasteiger partial charge is 0.397 e. The van der Waals surface area contributed by atoms with Gasteiger partial charge in [-0.3, -0.25) is 4.98 Å². The van der Waals surface area contributed by atoms with Crippen LogP contribution in [0.15, 0.2) is 30.5 Å². The molecule has 0 aliphatic carbocycles. The average molecular weight is 216 g/mol. The Morgan fingerprint density at radius 3 is 2.69 bits per heavy atom. The molecule has 0 unspecified atom stereocenters. The van der Waals surface area contributed by atoms with E-state index in [4.69, 9.17) is 5.73 Å². The number of nitrogens with two attached hydrogens (primary N) is 1. The van der Waals surface area contributed by atoms with Gasteiger partial charge in [0.05, 0.1) is 11.4 Å². The topological polar surface area (TPSA) is 38.9 Å². The summed E-state index contributed by atoms with van der Waals surface area (Å²) in [6.07, 6.45) is 1.73. The first-order valence-corrected chi connectivity index (χ1v) is 5.07. The standard InChI is InChI=1S/C13H13FN2/c1-8-6-12(15)13(16-7-8)10-4-3-5-11(14)9(10)2/h3-7H,15H2,1-2H3. The van der Waals surface area contributed by atoms with E-state index in [9.17, 15) is 4.39 Å². The predicted octanol–water partition coefficient (Wildman–Crippen LogP) is 3.09. The van der Waals surface area contributed by atoms with Gasteiger partial charge >= 0.3 is 0 Å². The van der Waals surface area contributed by atoms with E-state index in [1.165, 1.54) is 6.07 Å². The minimum Gasteiger partial charge on any atom is -0.397 e. The molecule has 0 bridgehead atoms. The van der Waals surface area contributed by atoms with Gasteiger partial charge in [0.1, 0.15) is 5.82 Å². The van der Waals surface area contributed by atoms with E-state index < -0.39 is 0 Å². The Morgan fingerprint density at radius 2 is 2.00 bits per heavy atom. The van der Waals surface area contributed by atoms with Gasteiger partial charge in [0.25, 0.3) is 0 Å². The maximum atomic E-state index is 13.4. The summed E-state index contributed by atoms with van der Waals surface area (Å²) in [5.41, 5.74) is 9.42. The average Bonchev–Trinajstić information content (AvgIpc) is 2.23. The normalized spacial score (nSPS) is 10.4. The third-order valence-electron chi connectivity index (χ3n) is 2.58. The number of hydrogen-bond donors (Lipinski definition) is 1. The summed E-state index contributed by atoms with van der Waals surface area (Å²) in [5, 5.41) is 0. The van der Waals surface area contributed by atoms with E-state index >= 15 is 0 Å². The molecule has 0 spiro atoms. The molecule has 1 aromatic carbocycles. The fourth-order valence-corrected chi connectivity index (χ4v) is 1.68. The first-order chi connectivity index (χ1) is 7.59. The van der Waals surface area contributed by atoms with Crippen molar-refractivity contribution in [3.8, 4) is 11.3 Å². The molecule has 82 valence electrons. The number of halogens is 1. The molecule has 2 nitrogen and oxygen atoms in total. The van der Waals surface area contributed by atoms with E-state index in [0.29, 0.717) is 16.9 Å². The van der Waals surface area contributed by atoms with Gasteiger partial charge in [-0.15, -0.1) is 0 Å². The molecule has 3 heteroatoms. The molecular formula is C13H13FN2. The fraction of sp³-hybridized carbons (Fsp3) is 0.154. The van der Waals surface area contributed by atoms with Crippen LogP contribution in [0.3, 0.4) is 0 Å². The van der Waals surface area contributed by atoms with Crippen LogP contribution in [-0.4, -0.2) is 4.98 Å². The van der Waals surface area contributed by atoms with Gasteiger partial charge in [0, 0.05) is 11.8 Å². The molecular weight excluding hydrogens is 203 g/mol. The van der Waals surface area contributed by atoms with E-state index in [-0.39, 0.29) is 5.82 Å². The molecule has 0 saturated heterocycles. The fourth-order valence-electron chi connectivity index (χ4n) is 1.68. The number of benzene rings is 1. The number of hydrogen-bond acceptors (Lipinski definition) is 2. The van der Waals surface area contributed by atoms with Gasteiger partial charge in [-0.05, 0) is 37.1 Å². The quantitative estimate of drug-likeness (QED) is 0.795. The van der Waals surface area contributed by atoms with Crippen molar-refractivity contribution in [2.45, 2.75) is 13.8 Å². The van der Waals surface area contributed by atoms with Crippen LogP contribution < -0.4 is 5.73 Å². The van der Waals surface area contributed by atoms with Gasteiger partial charge in [0.15, 0.2) is 0 Å². The van der Waals surface area contributed by atoms with Crippen molar-refractivity contribution >= 4 is 5.69 Å². The van der Waals surface area contributed by atoms with Crippen molar-refractivity contribution in [3.05, 3.63) is 47.4 Å².